The highest BCUT2D eigenvalue weighted by atomic mass is 35.5. The lowest BCUT2D eigenvalue weighted by Gasteiger charge is -2.14. The zero-order valence-electron chi connectivity index (χ0n) is 18.4. The van der Waals surface area contributed by atoms with Crippen molar-refractivity contribution in [3.63, 3.8) is 0 Å². The molecule has 0 aliphatic carbocycles. The summed E-state index contributed by atoms with van der Waals surface area (Å²) in [6.45, 7) is 4.04. The highest BCUT2D eigenvalue weighted by molar-refractivity contribution is 6.30. The third kappa shape index (κ3) is 4.91. The predicted octanol–water partition coefficient (Wildman–Crippen LogP) is 4.63. The van der Waals surface area contributed by atoms with Crippen LogP contribution in [-0.4, -0.2) is 15.0 Å². The van der Waals surface area contributed by atoms with E-state index >= 15 is 0 Å². The Bertz CT molecular complexity index is 1440. The largest absolute Gasteiger partial charge is 0.332 e. The minimum atomic E-state index is -0.552. The number of nitrogens with one attached hydrogen (secondary N) is 1. The molecule has 6 nitrogen and oxygen atoms in total. The first-order chi connectivity index (χ1) is 15.8. The Morgan fingerprint density at radius 2 is 1.67 bits per heavy atom. The molecule has 168 valence electrons. The number of fused-ring (bicyclic) bond motifs is 1. The van der Waals surface area contributed by atoms with E-state index in [1.807, 2.05) is 24.3 Å². The van der Waals surface area contributed by atoms with Crippen molar-refractivity contribution in [1.82, 2.24) is 9.13 Å². The molecule has 1 N–H and O–H groups in total. The van der Waals surface area contributed by atoms with E-state index in [0.29, 0.717) is 27.5 Å². The van der Waals surface area contributed by atoms with Crippen molar-refractivity contribution in [3.8, 4) is 0 Å². The number of rotatable bonds is 6. The Morgan fingerprint density at radius 1 is 0.939 bits per heavy atom. The number of amides is 1. The fourth-order valence-corrected chi connectivity index (χ4v) is 3.99. The van der Waals surface area contributed by atoms with Gasteiger partial charge in [0.25, 0.3) is 5.56 Å². The van der Waals surface area contributed by atoms with E-state index in [9.17, 15) is 14.4 Å². The summed E-state index contributed by atoms with van der Waals surface area (Å²) in [5, 5.41) is 3.72. The molecular formula is C26H24ClN3O3. The fraction of sp³-hybridized carbons (Fsp3) is 0.192. The summed E-state index contributed by atoms with van der Waals surface area (Å²) in [5.74, 6) is 0.0349. The quantitative estimate of drug-likeness (QED) is 0.455. The molecule has 0 saturated heterocycles. The Balaban J connectivity index is 1.70. The highest BCUT2D eigenvalue weighted by Crippen LogP contribution is 2.17. The molecule has 0 aliphatic rings. The van der Waals surface area contributed by atoms with Gasteiger partial charge in [-0.15, -0.1) is 0 Å². The fourth-order valence-electron chi connectivity index (χ4n) is 3.78. The SMILES string of the molecule is CC(C)c1ccc(NC(=O)Cn2c(=O)n(Cc3cccc(Cl)c3)c(=O)c3ccccc32)cc1. The highest BCUT2D eigenvalue weighted by Gasteiger charge is 2.16. The van der Waals surface area contributed by atoms with Gasteiger partial charge in [0.1, 0.15) is 6.54 Å². The number of para-hydroxylation sites is 1. The number of carbonyl (C=O) groups excluding carboxylic acids is 1. The third-order valence-electron chi connectivity index (χ3n) is 5.52. The first-order valence-corrected chi connectivity index (χ1v) is 11.1. The smallest absolute Gasteiger partial charge is 0.325 e. The molecule has 0 fully saturated rings. The summed E-state index contributed by atoms with van der Waals surface area (Å²) in [7, 11) is 0. The van der Waals surface area contributed by atoms with Crippen LogP contribution in [0.4, 0.5) is 5.69 Å². The molecule has 4 rings (SSSR count). The van der Waals surface area contributed by atoms with E-state index in [4.69, 9.17) is 11.6 Å². The summed E-state index contributed by atoms with van der Waals surface area (Å²) < 4.78 is 2.47. The lowest BCUT2D eigenvalue weighted by atomic mass is 10.0. The number of benzene rings is 3. The minimum Gasteiger partial charge on any atom is -0.325 e. The molecule has 0 spiro atoms. The zero-order chi connectivity index (χ0) is 23.5. The maximum absolute atomic E-state index is 13.3. The molecular weight excluding hydrogens is 438 g/mol. The number of aromatic nitrogens is 2. The van der Waals surface area contributed by atoms with Gasteiger partial charge < -0.3 is 5.32 Å². The maximum Gasteiger partial charge on any atom is 0.332 e. The molecule has 33 heavy (non-hydrogen) atoms. The molecule has 4 aromatic rings. The van der Waals surface area contributed by atoms with Crippen LogP contribution in [-0.2, 0) is 17.9 Å². The van der Waals surface area contributed by atoms with Crippen LogP contribution < -0.4 is 16.6 Å². The monoisotopic (exact) mass is 461 g/mol. The summed E-state index contributed by atoms with van der Waals surface area (Å²) in [5.41, 5.74) is 2.00. The summed E-state index contributed by atoms with van der Waals surface area (Å²) in [6.07, 6.45) is 0. The summed E-state index contributed by atoms with van der Waals surface area (Å²) in [6, 6.07) is 21.4. The lowest BCUT2D eigenvalue weighted by Crippen LogP contribution is -2.42. The Hall–Kier alpha value is -3.64. The summed E-state index contributed by atoms with van der Waals surface area (Å²) >= 11 is 6.07. The molecule has 3 aromatic carbocycles. The first-order valence-electron chi connectivity index (χ1n) is 10.7. The van der Waals surface area contributed by atoms with Crippen LogP contribution in [0, 0.1) is 0 Å². The maximum atomic E-state index is 13.3. The first kappa shape index (κ1) is 22.6. The average Bonchev–Trinajstić information content (AvgIpc) is 2.80. The second-order valence-electron chi connectivity index (χ2n) is 8.23. The van der Waals surface area contributed by atoms with Crippen molar-refractivity contribution in [2.45, 2.75) is 32.9 Å². The number of hydrogen-bond donors (Lipinski definition) is 1. The summed E-state index contributed by atoms with van der Waals surface area (Å²) in [4.78, 5) is 39.2. The molecule has 0 unspecified atom stereocenters. The van der Waals surface area contributed by atoms with Crippen molar-refractivity contribution in [2.24, 2.45) is 0 Å². The molecule has 7 heteroatoms. The molecule has 1 amide bonds. The topological polar surface area (TPSA) is 73.1 Å². The van der Waals surface area contributed by atoms with Gasteiger partial charge in [-0.2, -0.15) is 0 Å². The second-order valence-corrected chi connectivity index (χ2v) is 8.67. The average molecular weight is 462 g/mol. The normalized spacial score (nSPS) is 11.2. The van der Waals surface area contributed by atoms with Crippen molar-refractivity contribution >= 4 is 34.1 Å². The van der Waals surface area contributed by atoms with Gasteiger partial charge in [-0.3, -0.25) is 18.7 Å². The number of carbonyl (C=O) groups is 1. The van der Waals surface area contributed by atoms with Crippen LogP contribution in [0.3, 0.4) is 0 Å². The van der Waals surface area contributed by atoms with Gasteiger partial charge in [-0.1, -0.05) is 61.8 Å². The number of halogens is 1. The molecule has 0 aliphatic heterocycles. The van der Waals surface area contributed by atoms with E-state index in [2.05, 4.69) is 19.2 Å². The van der Waals surface area contributed by atoms with Crippen LogP contribution in [0.2, 0.25) is 5.02 Å². The van der Waals surface area contributed by atoms with Gasteiger partial charge >= 0.3 is 5.69 Å². The van der Waals surface area contributed by atoms with Crippen molar-refractivity contribution in [1.29, 1.82) is 0 Å². The molecule has 0 saturated carbocycles. The van der Waals surface area contributed by atoms with Crippen LogP contribution in [0.15, 0.2) is 82.4 Å². The minimum absolute atomic E-state index is 0.0569. The zero-order valence-corrected chi connectivity index (χ0v) is 19.2. The second kappa shape index (κ2) is 9.46. The van der Waals surface area contributed by atoms with Gasteiger partial charge in [0.2, 0.25) is 5.91 Å². The Kier molecular flexibility index (Phi) is 6.47. The van der Waals surface area contributed by atoms with Crippen molar-refractivity contribution < 1.29 is 4.79 Å². The van der Waals surface area contributed by atoms with Crippen LogP contribution in [0.25, 0.3) is 10.9 Å². The molecule has 0 radical (unpaired) electrons. The lowest BCUT2D eigenvalue weighted by molar-refractivity contribution is -0.116. The van der Waals surface area contributed by atoms with E-state index in [1.54, 1.807) is 48.5 Å². The van der Waals surface area contributed by atoms with Crippen LogP contribution in [0.1, 0.15) is 30.9 Å². The number of nitrogens with zero attached hydrogens (tertiary/aromatic N) is 2. The van der Waals surface area contributed by atoms with E-state index in [0.717, 1.165) is 10.1 Å². The molecule has 0 atom stereocenters. The third-order valence-corrected chi connectivity index (χ3v) is 5.76. The van der Waals surface area contributed by atoms with Gasteiger partial charge in [0.15, 0.2) is 0 Å². The van der Waals surface area contributed by atoms with E-state index in [-0.39, 0.29) is 19.0 Å². The Morgan fingerprint density at radius 3 is 2.36 bits per heavy atom. The Labute approximate surface area is 196 Å². The van der Waals surface area contributed by atoms with Crippen LogP contribution >= 0.6 is 11.6 Å². The number of anilines is 1. The van der Waals surface area contributed by atoms with Gasteiger partial charge in [-0.05, 0) is 53.4 Å². The van der Waals surface area contributed by atoms with Crippen LogP contribution in [0.5, 0.6) is 0 Å². The predicted molar refractivity (Wildman–Crippen MR) is 132 cm³/mol. The molecule has 1 heterocycles. The van der Waals surface area contributed by atoms with Gasteiger partial charge in [0, 0.05) is 10.7 Å². The van der Waals surface area contributed by atoms with Crippen molar-refractivity contribution in [3.05, 3.63) is 110 Å². The van der Waals surface area contributed by atoms with E-state index < -0.39 is 11.2 Å². The number of hydrogen-bond acceptors (Lipinski definition) is 3. The standard InChI is InChI=1S/C26H24ClN3O3/c1-17(2)19-10-12-21(13-11-19)28-24(31)16-29-23-9-4-3-8-22(23)25(32)30(26(29)33)15-18-6-5-7-20(27)14-18/h3-14,17H,15-16H2,1-2H3,(H,28,31). The van der Waals surface area contributed by atoms with Crippen molar-refractivity contribution in [2.75, 3.05) is 5.32 Å². The van der Waals surface area contributed by atoms with Gasteiger partial charge in [0.05, 0.1) is 17.4 Å². The van der Waals surface area contributed by atoms with E-state index in [1.165, 1.54) is 10.1 Å². The molecule has 0 bridgehead atoms. The van der Waals surface area contributed by atoms with Gasteiger partial charge in [-0.25, -0.2) is 4.79 Å². The molecule has 1 aromatic heterocycles.